The van der Waals surface area contributed by atoms with Crippen LogP contribution in [0, 0.1) is 0 Å². The van der Waals surface area contributed by atoms with E-state index in [-0.39, 0.29) is 11.1 Å². The summed E-state index contributed by atoms with van der Waals surface area (Å²) in [7, 11) is 0. The number of phenolic OH excluding ortho intramolecular Hbond substituents is 5. The molecular weight excluding hydrogens is 813 g/mol. The number of rotatable bonds is 9. The third-order valence-electron chi connectivity index (χ3n) is 11.0. The number of hydrogen-bond acceptors (Lipinski definition) is 11. The first-order valence-electron chi connectivity index (χ1n) is 20.6. The molecule has 10 rings (SSSR count). The molecule has 0 aliphatic rings. The lowest BCUT2D eigenvalue weighted by atomic mass is 9.86. The summed E-state index contributed by atoms with van der Waals surface area (Å²) in [5.41, 5.74) is 7.37. The van der Waals surface area contributed by atoms with Gasteiger partial charge in [-0.2, -0.15) is 0 Å². The standard InChI is InChI=1S/C54H36N6O5/c61-44-43(45(62)47(64)48(65)46(44)63)41-23-13-22-40(32-24-28-38(29-25-32)53-57-49(34-14-5-1-6-15-34)55-50(58-53)35-16-7-2-8-17-35)42(41)33-26-30-39(31-27-33)54-59-51(36-18-9-3-10-19-36)56-52(60-54)37-20-11-4-12-21-37/h1-31,61-65H. The molecule has 312 valence electrons. The van der Waals surface area contributed by atoms with Gasteiger partial charge in [0.15, 0.2) is 46.4 Å². The SMILES string of the molecule is Oc1c(O)c(O)c(-c2cccc(-c3ccc(-c4nc(-c5ccccc5)nc(-c5ccccc5)n4)cc3)c2-c2ccc(-c3nc(-c4ccccc4)nc(-c4ccccc4)n3)cc2)c(O)c1O. The van der Waals surface area contributed by atoms with Crippen LogP contribution in [0.15, 0.2) is 188 Å². The Morgan fingerprint density at radius 2 is 0.462 bits per heavy atom. The van der Waals surface area contributed by atoms with Crippen molar-refractivity contribution in [3.8, 4) is 130 Å². The Hall–Kier alpha value is -9.22. The van der Waals surface area contributed by atoms with Crippen molar-refractivity contribution in [3.05, 3.63) is 188 Å². The normalized spacial score (nSPS) is 11.1. The first-order valence-corrected chi connectivity index (χ1v) is 20.6. The van der Waals surface area contributed by atoms with Gasteiger partial charge >= 0.3 is 0 Å². The van der Waals surface area contributed by atoms with Crippen LogP contribution < -0.4 is 0 Å². The summed E-state index contributed by atoms with van der Waals surface area (Å²) in [5.74, 6) is -1.63. The van der Waals surface area contributed by atoms with Crippen LogP contribution in [0.5, 0.6) is 28.7 Å². The number of benzene rings is 8. The van der Waals surface area contributed by atoms with Crippen molar-refractivity contribution in [2.75, 3.05) is 0 Å². The van der Waals surface area contributed by atoms with Crippen molar-refractivity contribution in [1.29, 1.82) is 0 Å². The summed E-state index contributed by atoms with van der Waals surface area (Å²) in [6.45, 7) is 0. The van der Waals surface area contributed by atoms with Gasteiger partial charge in [-0.05, 0) is 27.8 Å². The van der Waals surface area contributed by atoms with Gasteiger partial charge < -0.3 is 25.5 Å². The van der Waals surface area contributed by atoms with Crippen LogP contribution in [0.3, 0.4) is 0 Å². The van der Waals surface area contributed by atoms with Gasteiger partial charge in [0.05, 0.1) is 5.56 Å². The van der Waals surface area contributed by atoms with Gasteiger partial charge in [-0.25, -0.2) is 29.9 Å². The van der Waals surface area contributed by atoms with Crippen molar-refractivity contribution in [2.45, 2.75) is 0 Å². The molecule has 0 amide bonds. The summed E-state index contributed by atoms with van der Waals surface area (Å²) in [5, 5.41) is 54.2. The fraction of sp³-hybridized carbons (Fsp3) is 0. The second kappa shape index (κ2) is 16.9. The summed E-state index contributed by atoms with van der Waals surface area (Å²) in [4.78, 5) is 29.2. The van der Waals surface area contributed by atoms with E-state index in [1.807, 2.05) is 176 Å². The summed E-state index contributed by atoms with van der Waals surface area (Å²) in [6.07, 6.45) is 0. The molecule has 10 aromatic rings. The van der Waals surface area contributed by atoms with Crippen LogP contribution in [-0.2, 0) is 0 Å². The Kier molecular flexibility index (Phi) is 10.4. The van der Waals surface area contributed by atoms with Crippen LogP contribution in [0.2, 0.25) is 0 Å². The molecule has 2 heterocycles. The maximum atomic E-state index is 11.3. The molecule has 11 heteroatoms. The molecule has 0 saturated carbocycles. The van der Waals surface area contributed by atoms with Crippen LogP contribution in [0.1, 0.15) is 0 Å². The Morgan fingerprint density at radius 3 is 0.800 bits per heavy atom. The van der Waals surface area contributed by atoms with Crippen LogP contribution in [-0.4, -0.2) is 55.4 Å². The zero-order valence-corrected chi connectivity index (χ0v) is 34.3. The van der Waals surface area contributed by atoms with Gasteiger partial charge in [0.2, 0.25) is 17.2 Å². The maximum Gasteiger partial charge on any atom is 0.208 e. The molecule has 0 bridgehead atoms. The minimum Gasteiger partial charge on any atom is -0.504 e. The van der Waals surface area contributed by atoms with Crippen LogP contribution >= 0.6 is 0 Å². The van der Waals surface area contributed by atoms with Crippen molar-refractivity contribution in [2.24, 2.45) is 0 Å². The molecule has 0 aliphatic heterocycles. The molecule has 2 aromatic heterocycles. The Balaban J connectivity index is 1.11. The van der Waals surface area contributed by atoms with E-state index in [0.717, 1.165) is 33.4 Å². The highest BCUT2D eigenvalue weighted by atomic mass is 16.4. The Bertz CT molecular complexity index is 3190. The molecule has 11 nitrogen and oxygen atoms in total. The lowest BCUT2D eigenvalue weighted by Crippen LogP contribution is -2.00. The third kappa shape index (κ3) is 7.70. The van der Waals surface area contributed by atoms with Crippen molar-refractivity contribution in [1.82, 2.24) is 29.9 Å². The fourth-order valence-electron chi connectivity index (χ4n) is 7.71. The topological polar surface area (TPSA) is 178 Å². The molecular formula is C54H36N6O5. The molecule has 0 saturated heterocycles. The Labute approximate surface area is 372 Å². The summed E-state index contributed by atoms with van der Waals surface area (Å²) >= 11 is 0. The average molecular weight is 849 g/mol. The van der Waals surface area contributed by atoms with E-state index in [1.165, 1.54) is 0 Å². The zero-order chi connectivity index (χ0) is 44.4. The quantitative estimate of drug-likeness (QED) is 0.0689. The fourth-order valence-corrected chi connectivity index (χ4v) is 7.71. The van der Waals surface area contributed by atoms with E-state index in [1.54, 1.807) is 12.1 Å². The largest absolute Gasteiger partial charge is 0.504 e. The molecule has 65 heavy (non-hydrogen) atoms. The van der Waals surface area contributed by atoms with Gasteiger partial charge in [0.25, 0.3) is 0 Å². The minimum absolute atomic E-state index is 0.260. The second-order valence-corrected chi connectivity index (χ2v) is 15.1. The van der Waals surface area contributed by atoms with Crippen LogP contribution in [0.25, 0.3) is 102 Å². The van der Waals surface area contributed by atoms with Gasteiger partial charge in [-0.1, -0.05) is 188 Å². The van der Waals surface area contributed by atoms with Crippen LogP contribution in [0.4, 0.5) is 0 Å². The molecule has 0 unspecified atom stereocenters. The monoisotopic (exact) mass is 848 g/mol. The highest BCUT2D eigenvalue weighted by Crippen LogP contribution is 2.57. The van der Waals surface area contributed by atoms with Crippen molar-refractivity contribution < 1.29 is 25.5 Å². The lowest BCUT2D eigenvalue weighted by Gasteiger charge is -2.19. The number of phenols is 5. The first kappa shape index (κ1) is 39.9. The van der Waals surface area contributed by atoms with Gasteiger partial charge in [-0.3, -0.25) is 0 Å². The smallest absolute Gasteiger partial charge is 0.208 e. The lowest BCUT2D eigenvalue weighted by molar-refractivity contribution is 0.330. The molecule has 8 aromatic carbocycles. The average Bonchev–Trinajstić information content (AvgIpc) is 3.38. The predicted octanol–water partition coefficient (Wildman–Crippen LogP) is 11.6. The Morgan fingerprint density at radius 1 is 0.200 bits per heavy atom. The molecule has 0 fully saturated rings. The van der Waals surface area contributed by atoms with E-state index < -0.39 is 28.7 Å². The highest BCUT2D eigenvalue weighted by Gasteiger charge is 2.27. The van der Waals surface area contributed by atoms with E-state index in [2.05, 4.69) is 0 Å². The maximum absolute atomic E-state index is 11.3. The molecule has 0 spiro atoms. The summed E-state index contributed by atoms with van der Waals surface area (Å²) in [6, 6.07) is 59.2. The van der Waals surface area contributed by atoms with E-state index in [9.17, 15) is 25.5 Å². The number of hydrogen-bond donors (Lipinski definition) is 5. The molecule has 0 aliphatic carbocycles. The van der Waals surface area contributed by atoms with E-state index >= 15 is 0 Å². The first-order chi connectivity index (χ1) is 31.8. The number of aromatic nitrogens is 6. The molecule has 0 atom stereocenters. The molecule has 5 N–H and O–H groups in total. The predicted molar refractivity (Wildman–Crippen MR) is 250 cm³/mol. The van der Waals surface area contributed by atoms with Gasteiger partial charge in [-0.15, -0.1) is 0 Å². The van der Waals surface area contributed by atoms with Gasteiger partial charge in [0, 0.05) is 33.4 Å². The number of aromatic hydroxyl groups is 5. The van der Waals surface area contributed by atoms with E-state index in [0.29, 0.717) is 57.2 Å². The zero-order valence-electron chi connectivity index (χ0n) is 34.3. The number of nitrogens with zero attached hydrogens (tertiary/aromatic N) is 6. The van der Waals surface area contributed by atoms with Crippen molar-refractivity contribution >= 4 is 0 Å². The third-order valence-corrected chi connectivity index (χ3v) is 11.0. The second-order valence-electron chi connectivity index (χ2n) is 15.1. The van der Waals surface area contributed by atoms with E-state index in [4.69, 9.17) is 29.9 Å². The van der Waals surface area contributed by atoms with Crippen molar-refractivity contribution in [3.63, 3.8) is 0 Å². The minimum atomic E-state index is -1.05. The molecule has 0 radical (unpaired) electrons. The van der Waals surface area contributed by atoms with Gasteiger partial charge in [0.1, 0.15) is 0 Å². The highest BCUT2D eigenvalue weighted by molar-refractivity contribution is 5.99. The summed E-state index contributed by atoms with van der Waals surface area (Å²) < 4.78 is 0.